The average Bonchev–Trinajstić information content (AvgIpc) is 3.48. The molecule has 0 bridgehead atoms. The summed E-state index contributed by atoms with van der Waals surface area (Å²) in [6.45, 7) is 2.34. The zero-order chi connectivity index (χ0) is 31.5. The van der Waals surface area contributed by atoms with Crippen molar-refractivity contribution >= 4 is 51.5 Å². The Bertz CT molecular complexity index is 1470. The van der Waals surface area contributed by atoms with Crippen molar-refractivity contribution < 1.29 is 37.3 Å². The van der Waals surface area contributed by atoms with Crippen LogP contribution in [0.15, 0.2) is 21.3 Å². The molecule has 4 rings (SSSR count). The smallest absolute Gasteiger partial charge is 0.362 e. The first kappa shape index (κ1) is 31.9. The van der Waals surface area contributed by atoms with E-state index in [4.69, 9.17) is 22.0 Å². The Hall–Kier alpha value is -3.99. The molecular weight excluding hydrogens is 612 g/mol. The topological polar surface area (TPSA) is 308 Å². The predicted molar refractivity (Wildman–Crippen MR) is 151 cm³/mol. The first-order valence-electron chi connectivity index (χ1n) is 12.9. The van der Waals surface area contributed by atoms with Gasteiger partial charge in [0.1, 0.15) is 23.3 Å². The number of amides is 2. The van der Waals surface area contributed by atoms with Gasteiger partial charge < -0.3 is 43.1 Å². The summed E-state index contributed by atoms with van der Waals surface area (Å²) >= 11 is 1.10. The van der Waals surface area contributed by atoms with E-state index in [1.165, 1.54) is 5.41 Å². The highest BCUT2D eigenvalue weighted by molar-refractivity contribution is 8.02. The number of β-lactam (4-membered cyclic amide) rings is 1. The zero-order valence-electron chi connectivity index (χ0n) is 22.8. The van der Waals surface area contributed by atoms with Gasteiger partial charge in [-0.3, -0.25) is 14.1 Å². The average molecular weight is 645 g/mol. The fraction of sp³-hybridized carbons (Fsp3) is 0.571. The maximum absolute atomic E-state index is 13.3. The number of carboxylic acids is 1. The molecule has 22 heteroatoms. The number of hydrogen-bond acceptors (Lipinski definition) is 14. The van der Waals surface area contributed by atoms with E-state index in [9.17, 15) is 32.5 Å². The summed E-state index contributed by atoms with van der Waals surface area (Å²) in [5.41, 5.74) is 15.4. The number of oxime groups is 1. The normalized spacial score (nSPS) is 23.3. The van der Waals surface area contributed by atoms with E-state index >= 15 is 0 Å². The predicted octanol–water partition coefficient (Wildman–Crippen LogP) is -3.75. The lowest BCUT2D eigenvalue weighted by Crippen LogP contribution is -2.73. The van der Waals surface area contributed by atoms with Gasteiger partial charge in [-0.1, -0.05) is 16.9 Å². The molecule has 3 aliphatic rings. The van der Waals surface area contributed by atoms with Gasteiger partial charge >= 0.3 is 16.3 Å². The molecule has 2 fully saturated rings. The van der Waals surface area contributed by atoms with Crippen LogP contribution in [0.4, 0.5) is 0 Å². The van der Waals surface area contributed by atoms with E-state index in [0.29, 0.717) is 30.9 Å². The molecule has 3 unspecified atom stereocenters. The quantitative estimate of drug-likeness (QED) is 0.0241. The molecule has 11 N–H and O–H groups in total. The van der Waals surface area contributed by atoms with Crippen molar-refractivity contribution in [2.24, 2.45) is 27.3 Å². The second-order valence-electron chi connectivity index (χ2n) is 9.75. The maximum Gasteiger partial charge on any atom is 0.362 e. The molecule has 236 valence electrons. The largest absolute Gasteiger partial charge is 0.478 e. The number of aliphatic carboxylic acids is 1. The number of aromatic nitrogens is 3. The minimum atomic E-state index is -5.02. The number of carboxylic acid groups (broad SMARTS) is 1. The number of carbonyl (C=O) groups is 3. The van der Waals surface area contributed by atoms with Gasteiger partial charge in [0.15, 0.2) is 11.7 Å². The minimum Gasteiger partial charge on any atom is -0.478 e. The van der Waals surface area contributed by atoms with Gasteiger partial charge in [-0.2, -0.15) is 23.4 Å². The maximum atomic E-state index is 13.3. The van der Waals surface area contributed by atoms with Gasteiger partial charge in [-0.05, 0) is 19.9 Å². The molecular formula is C21H32N12O8S2. The highest BCUT2D eigenvalue weighted by Gasteiger charge is 2.56. The Balaban J connectivity index is 1.51. The minimum absolute atomic E-state index is 0.0407. The van der Waals surface area contributed by atoms with E-state index in [1.54, 1.807) is 6.92 Å². The highest BCUT2D eigenvalue weighted by Crippen LogP contribution is 2.40. The van der Waals surface area contributed by atoms with Crippen molar-refractivity contribution in [3.05, 3.63) is 22.5 Å². The third-order valence-electron chi connectivity index (χ3n) is 6.57. The van der Waals surface area contributed by atoms with Crippen LogP contribution in [0, 0.1) is 6.92 Å². The zero-order valence-corrected chi connectivity index (χ0v) is 24.5. The summed E-state index contributed by atoms with van der Waals surface area (Å²) in [4.78, 5) is 48.0. The number of hydrogen-bond donors (Lipinski definition) is 8. The molecule has 2 amide bonds. The molecule has 2 aliphatic heterocycles. The molecule has 1 saturated carbocycles. The SMILES string of the molecule is Cc1nn(CC2C(NC(=O)/C(=N\OC3(C(=O)O)CC3)C3=CSC(N)N3)C(=O)N2S(=O)(=O)O)nc1CN=C(N)NCCCN. The van der Waals surface area contributed by atoms with Crippen molar-refractivity contribution in [3.63, 3.8) is 0 Å². The number of aliphatic imine (C=N–C) groups is 1. The van der Waals surface area contributed by atoms with E-state index in [-0.39, 0.29) is 41.9 Å². The molecule has 43 heavy (non-hydrogen) atoms. The van der Waals surface area contributed by atoms with Gasteiger partial charge in [0.2, 0.25) is 5.60 Å². The summed E-state index contributed by atoms with van der Waals surface area (Å²) in [5.74, 6) is -3.22. The van der Waals surface area contributed by atoms with Crippen molar-refractivity contribution in [1.29, 1.82) is 0 Å². The molecule has 0 spiro atoms. The number of thioether (sulfide) groups is 1. The van der Waals surface area contributed by atoms with Crippen LogP contribution in [0.2, 0.25) is 0 Å². The molecule has 0 radical (unpaired) electrons. The number of rotatable bonds is 14. The lowest BCUT2D eigenvalue weighted by atomic mass is 9.98. The molecule has 1 saturated heterocycles. The van der Waals surface area contributed by atoms with E-state index in [0.717, 1.165) is 16.6 Å². The highest BCUT2D eigenvalue weighted by atomic mass is 32.2. The van der Waals surface area contributed by atoms with Gasteiger partial charge in [0.05, 0.1) is 24.5 Å². The first-order chi connectivity index (χ1) is 20.3. The van der Waals surface area contributed by atoms with Crippen LogP contribution in [0.3, 0.4) is 0 Å². The van der Waals surface area contributed by atoms with Crippen molar-refractivity contribution in [1.82, 2.24) is 35.2 Å². The van der Waals surface area contributed by atoms with Crippen LogP contribution < -0.4 is 33.2 Å². The number of carbonyl (C=O) groups excluding carboxylic acids is 2. The van der Waals surface area contributed by atoms with Crippen LogP contribution >= 0.6 is 11.8 Å². The van der Waals surface area contributed by atoms with Gasteiger partial charge in [0, 0.05) is 24.8 Å². The van der Waals surface area contributed by atoms with Crippen molar-refractivity contribution in [2.75, 3.05) is 13.1 Å². The summed E-state index contributed by atoms with van der Waals surface area (Å²) in [6.07, 6.45) is 1.04. The fourth-order valence-corrected chi connectivity index (χ4v) is 5.56. The summed E-state index contributed by atoms with van der Waals surface area (Å²) in [6, 6.07) is -2.80. The number of nitrogens with one attached hydrogen (secondary N) is 3. The number of nitrogens with two attached hydrogens (primary N) is 3. The molecule has 1 aromatic heterocycles. The first-order valence-corrected chi connectivity index (χ1v) is 15.2. The van der Waals surface area contributed by atoms with Crippen LogP contribution in [0.25, 0.3) is 0 Å². The number of guanidine groups is 1. The Kier molecular flexibility index (Phi) is 9.44. The van der Waals surface area contributed by atoms with Gasteiger partial charge in [0.25, 0.3) is 11.8 Å². The molecule has 20 nitrogen and oxygen atoms in total. The lowest BCUT2D eigenvalue weighted by Gasteiger charge is -2.43. The second-order valence-corrected chi connectivity index (χ2v) is 12.1. The van der Waals surface area contributed by atoms with Crippen molar-refractivity contribution in [3.8, 4) is 0 Å². The monoisotopic (exact) mass is 644 g/mol. The fourth-order valence-electron chi connectivity index (χ4n) is 4.04. The van der Waals surface area contributed by atoms with E-state index < -0.39 is 57.0 Å². The van der Waals surface area contributed by atoms with Crippen LogP contribution in [0.5, 0.6) is 0 Å². The summed E-state index contributed by atoms with van der Waals surface area (Å²) in [5, 5.41) is 31.1. The van der Waals surface area contributed by atoms with E-state index in [2.05, 4.69) is 36.3 Å². The van der Waals surface area contributed by atoms with Gasteiger partial charge in [-0.25, -0.2) is 14.1 Å². The standard InChI is InChI=1S/C21H32N12O8S2/c1-10-11(7-26-19(23)25-6-2-5-22)30-32(29-10)8-13-15(17(35)33(13)43(38,39)40)28-16(34)14(12-9-42-20(24)27-12)31-41-21(3-4-21)18(36)37/h9,13,15,20,27H,2-8,22,24H2,1H3,(H,28,34)(H,36,37)(H3,23,25,26)(H,38,39,40)/b31-14-. The van der Waals surface area contributed by atoms with Gasteiger partial charge in [-0.15, -0.1) is 0 Å². The molecule has 0 aromatic carbocycles. The molecule has 1 aromatic rings. The van der Waals surface area contributed by atoms with E-state index in [1.807, 2.05) is 0 Å². The molecule has 1 aliphatic carbocycles. The summed E-state index contributed by atoms with van der Waals surface area (Å²) in [7, 11) is -5.02. The Morgan fingerprint density at radius 1 is 1.35 bits per heavy atom. The Morgan fingerprint density at radius 3 is 2.65 bits per heavy atom. The lowest BCUT2D eigenvalue weighted by molar-refractivity contribution is -0.153. The molecule has 3 atom stereocenters. The van der Waals surface area contributed by atoms with Crippen LogP contribution in [-0.2, 0) is 42.6 Å². The Morgan fingerprint density at radius 2 is 2.07 bits per heavy atom. The van der Waals surface area contributed by atoms with Crippen LogP contribution in [0.1, 0.15) is 30.7 Å². The van der Waals surface area contributed by atoms with Crippen molar-refractivity contribution in [2.45, 2.75) is 62.5 Å². The number of nitrogens with zero attached hydrogens (tertiary/aromatic N) is 6. The van der Waals surface area contributed by atoms with Crippen LogP contribution in [-0.4, -0.2) is 103 Å². The third-order valence-corrected chi connectivity index (χ3v) is 8.30. The Labute approximate surface area is 249 Å². The number of aryl methyl sites for hydroxylation is 1. The second kappa shape index (κ2) is 12.7. The molecule has 3 heterocycles. The summed E-state index contributed by atoms with van der Waals surface area (Å²) < 4.78 is 33.9. The third kappa shape index (κ3) is 7.33.